The zero-order valence-electron chi connectivity index (χ0n) is 15.2. The smallest absolute Gasteiger partial charge is 0.0200 e. The number of alkyl halides is 1. The first-order valence-corrected chi connectivity index (χ1v) is 10.4. The van der Waals surface area contributed by atoms with Crippen molar-refractivity contribution in [3.63, 3.8) is 0 Å². The fourth-order valence-electron chi connectivity index (χ4n) is 7.08. The highest BCUT2D eigenvalue weighted by molar-refractivity contribution is 9.09. The Labute approximate surface area is 150 Å². The molecule has 0 N–H and O–H groups in total. The summed E-state index contributed by atoms with van der Waals surface area (Å²) in [5, 5.41) is 0. The Hall–Kier alpha value is -0.300. The van der Waals surface area contributed by atoms with E-state index >= 15 is 0 Å². The first kappa shape index (κ1) is 16.2. The van der Waals surface area contributed by atoms with E-state index in [-0.39, 0.29) is 0 Å². The summed E-state index contributed by atoms with van der Waals surface area (Å²) in [6.45, 7) is 10.3. The molecule has 0 aromatic heterocycles. The van der Waals surface area contributed by atoms with E-state index in [9.17, 15) is 0 Å². The molecule has 126 valence electrons. The monoisotopic (exact) mass is 374 g/mol. The molecule has 0 spiro atoms. The first-order chi connectivity index (χ1) is 10.8. The molecule has 0 unspecified atom stereocenters. The van der Waals surface area contributed by atoms with E-state index in [0.29, 0.717) is 21.1 Å². The second-order valence-corrected chi connectivity index (χ2v) is 10.7. The van der Waals surface area contributed by atoms with Crippen LogP contribution in [-0.2, 0) is 11.8 Å². The Morgan fingerprint density at radius 2 is 1.65 bits per heavy atom. The molecule has 23 heavy (non-hydrogen) atoms. The van der Waals surface area contributed by atoms with Gasteiger partial charge in [0.05, 0.1) is 0 Å². The van der Waals surface area contributed by atoms with Crippen molar-refractivity contribution in [1.29, 1.82) is 0 Å². The third-order valence-electron chi connectivity index (χ3n) is 8.29. The summed E-state index contributed by atoms with van der Waals surface area (Å²) in [7, 11) is 0. The summed E-state index contributed by atoms with van der Waals surface area (Å²) in [4.78, 5) is 0.688. The second-order valence-electron chi connectivity index (χ2n) is 9.59. The van der Waals surface area contributed by atoms with Crippen molar-refractivity contribution in [2.75, 3.05) is 0 Å². The largest absolute Gasteiger partial charge is 0.0885 e. The van der Waals surface area contributed by atoms with Gasteiger partial charge in [-0.2, -0.15) is 0 Å². The number of benzene rings is 1. The highest BCUT2D eigenvalue weighted by Crippen LogP contribution is 2.67. The Morgan fingerprint density at radius 3 is 2.43 bits per heavy atom. The fraction of sp³-hybridized carbons (Fsp3) is 0.727. The summed E-state index contributed by atoms with van der Waals surface area (Å²) in [6.07, 6.45) is 8.19. The van der Waals surface area contributed by atoms with Crippen LogP contribution in [0.2, 0.25) is 0 Å². The Bertz CT molecular complexity index is 618. The van der Waals surface area contributed by atoms with Crippen LogP contribution in [-0.4, -0.2) is 4.83 Å². The van der Waals surface area contributed by atoms with Gasteiger partial charge < -0.3 is 0 Å². The van der Waals surface area contributed by atoms with E-state index in [4.69, 9.17) is 0 Å². The number of hydrogen-bond acceptors (Lipinski definition) is 0. The van der Waals surface area contributed by atoms with E-state index in [0.717, 1.165) is 11.8 Å². The van der Waals surface area contributed by atoms with Crippen molar-refractivity contribution in [1.82, 2.24) is 0 Å². The molecule has 2 fully saturated rings. The average Bonchev–Trinajstić information content (AvgIpc) is 2.51. The minimum atomic E-state index is 0.398. The maximum absolute atomic E-state index is 4.02. The minimum absolute atomic E-state index is 0.398. The van der Waals surface area contributed by atoms with Gasteiger partial charge in [-0.05, 0) is 77.7 Å². The lowest BCUT2D eigenvalue weighted by Gasteiger charge is -2.65. The summed E-state index contributed by atoms with van der Waals surface area (Å²) in [6, 6.07) is 9.31. The number of aryl methyl sites for hydroxylation is 1. The number of rotatable bonds is 0. The molecule has 5 atom stereocenters. The van der Waals surface area contributed by atoms with Crippen molar-refractivity contribution in [3.05, 3.63) is 35.4 Å². The predicted octanol–water partition coefficient (Wildman–Crippen LogP) is 6.51. The SMILES string of the molecule is CC1(C)[C@@H](Br)CC[C@]2(C)[C@H]3CCc4ccccc4[C@]3(C)CC[C@@H]12. The molecule has 0 radical (unpaired) electrons. The van der Waals surface area contributed by atoms with Crippen LogP contribution in [0.15, 0.2) is 24.3 Å². The molecule has 0 amide bonds. The molecule has 4 rings (SSSR count). The zero-order chi connectivity index (χ0) is 16.5. The van der Waals surface area contributed by atoms with Crippen LogP contribution in [0.25, 0.3) is 0 Å². The Morgan fingerprint density at radius 1 is 0.913 bits per heavy atom. The number of hydrogen-bond donors (Lipinski definition) is 0. The van der Waals surface area contributed by atoms with E-state index in [1.807, 2.05) is 0 Å². The van der Waals surface area contributed by atoms with Gasteiger partial charge in [-0.3, -0.25) is 0 Å². The van der Waals surface area contributed by atoms with Crippen LogP contribution in [0.1, 0.15) is 70.9 Å². The van der Waals surface area contributed by atoms with Crippen LogP contribution in [0.3, 0.4) is 0 Å². The van der Waals surface area contributed by atoms with Crippen LogP contribution in [0.5, 0.6) is 0 Å². The van der Waals surface area contributed by atoms with Gasteiger partial charge in [-0.1, -0.05) is 67.9 Å². The highest BCUT2D eigenvalue weighted by atomic mass is 79.9. The van der Waals surface area contributed by atoms with Gasteiger partial charge in [0.15, 0.2) is 0 Å². The van der Waals surface area contributed by atoms with Gasteiger partial charge in [0.25, 0.3) is 0 Å². The van der Waals surface area contributed by atoms with Gasteiger partial charge in [0.1, 0.15) is 0 Å². The molecule has 1 aromatic carbocycles. The molecule has 0 bridgehead atoms. The van der Waals surface area contributed by atoms with Crippen LogP contribution < -0.4 is 0 Å². The molecule has 3 aliphatic rings. The molecule has 2 saturated carbocycles. The third kappa shape index (κ3) is 2.08. The quantitative estimate of drug-likeness (QED) is 0.454. The summed E-state index contributed by atoms with van der Waals surface area (Å²) >= 11 is 4.02. The van der Waals surface area contributed by atoms with Crippen LogP contribution in [0.4, 0.5) is 0 Å². The van der Waals surface area contributed by atoms with Gasteiger partial charge >= 0.3 is 0 Å². The van der Waals surface area contributed by atoms with E-state index in [1.165, 1.54) is 38.5 Å². The molecule has 0 heterocycles. The topological polar surface area (TPSA) is 0 Å². The summed E-state index contributed by atoms with van der Waals surface area (Å²) in [5.41, 5.74) is 4.63. The number of halogens is 1. The molecule has 0 aliphatic heterocycles. The van der Waals surface area contributed by atoms with E-state index < -0.39 is 0 Å². The molecule has 1 aromatic rings. The van der Waals surface area contributed by atoms with Gasteiger partial charge in [-0.25, -0.2) is 0 Å². The maximum Gasteiger partial charge on any atom is 0.0200 e. The molecule has 0 saturated heterocycles. The normalized spacial score (nSPS) is 44.8. The lowest BCUT2D eigenvalue weighted by Crippen LogP contribution is -2.59. The summed E-state index contributed by atoms with van der Waals surface area (Å²) < 4.78 is 0. The number of fused-ring (bicyclic) bond motifs is 5. The molecule has 1 heteroatoms. The Balaban J connectivity index is 1.80. The predicted molar refractivity (Wildman–Crippen MR) is 102 cm³/mol. The second kappa shape index (κ2) is 5.10. The van der Waals surface area contributed by atoms with Gasteiger partial charge in [0, 0.05) is 4.83 Å². The van der Waals surface area contributed by atoms with Crippen molar-refractivity contribution >= 4 is 15.9 Å². The molecule has 3 aliphatic carbocycles. The Kier molecular flexibility index (Phi) is 3.59. The maximum atomic E-state index is 4.02. The molecular formula is C22H31Br. The first-order valence-electron chi connectivity index (χ1n) is 9.52. The van der Waals surface area contributed by atoms with E-state index in [1.54, 1.807) is 11.1 Å². The fourth-order valence-corrected chi connectivity index (χ4v) is 7.63. The van der Waals surface area contributed by atoms with Gasteiger partial charge in [-0.15, -0.1) is 0 Å². The van der Waals surface area contributed by atoms with Gasteiger partial charge in [0.2, 0.25) is 0 Å². The molecule has 0 nitrogen and oxygen atoms in total. The highest BCUT2D eigenvalue weighted by Gasteiger charge is 2.61. The summed E-state index contributed by atoms with van der Waals surface area (Å²) in [5.74, 6) is 1.71. The van der Waals surface area contributed by atoms with Crippen molar-refractivity contribution < 1.29 is 0 Å². The van der Waals surface area contributed by atoms with Crippen LogP contribution >= 0.6 is 15.9 Å². The van der Waals surface area contributed by atoms with Crippen molar-refractivity contribution in [3.8, 4) is 0 Å². The molecular weight excluding hydrogens is 344 g/mol. The zero-order valence-corrected chi connectivity index (χ0v) is 16.7. The van der Waals surface area contributed by atoms with Crippen LogP contribution in [0, 0.1) is 22.7 Å². The van der Waals surface area contributed by atoms with Crippen molar-refractivity contribution in [2.24, 2.45) is 22.7 Å². The standard InChI is InChI=1S/C22H31Br/c1-20(2)17-11-13-21(3)16-8-6-5-7-15(16)9-10-18(21)22(17,4)14-12-19(20)23/h5-8,17-19H,9-14H2,1-4H3/t17-,18-,19-,21-,22-/m0/s1. The average molecular weight is 375 g/mol. The van der Waals surface area contributed by atoms with E-state index in [2.05, 4.69) is 67.9 Å². The van der Waals surface area contributed by atoms with Crippen molar-refractivity contribution in [2.45, 2.75) is 76.5 Å². The third-order valence-corrected chi connectivity index (χ3v) is 9.93. The lowest BCUT2D eigenvalue weighted by atomic mass is 9.40. The minimum Gasteiger partial charge on any atom is -0.0885 e. The lowest BCUT2D eigenvalue weighted by molar-refractivity contribution is -0.106.